The molecule has 3 N–H and O–H groups in total. The number of nitrogens with one attached hydrogen (secondary N) is 2. The first-order valence-corrected chi connectivity index (χ1v) is 13.4. The number of ketones is 1. The zero-order valence-corrected chi connectivity index (χ0v) is 23.5. The zero-order chi connectivity index (χ0) is 28.1. The number of aliphatic hydroxyl groups excluding tert-OH is 1. The van der Waals surface area contributed by atoms with Crippen molar-refractivity contribution in [2.45, 2.75) is 64.8 Å². The van der Waals surface area contributed by atoms with Crippen molar-refractivity contribution < 1.29 is 14.7 Å². The standard InChI is InChI=1S/C34H36N2O3/c1-20-12-15-24(16-13-20)34(6)31(38)29(32(34)39)28(23-10-8-7-9-11-23)30-26(19-33(4,5)36-22(3)37)25-17-14-21(2)18-27(25)35-30/h7-18,28,35,38H,19H2,1-6H3,(H,36,37)/t28-,34-/m1/s1. The number of carbonyl (C=O) groups excluding carboxylic acids is 2. The highest BCUT2D eigenvalue weighted by atomic mass is 16.3. The summed E-state index contributed by atoms with van der Waals surface area (Å²) >= 11 is 0. The lowest BCUT2D eigenvalue weighted by atomic mass is 9.60. The Morgan fingerprint density at radius 1 is 1.00 bits per heavy atom. The molecule has 5 rings (SSSR count). The number of aliphatic hydroxyl groups is 1. The van der Waals surface area contributed by atoms with Crippen LogP contribution in [0.25, 0.3) is 10.9 Å². The van der Waals surface area contributed by atoms with Gasteiger partial charge in [0.25, 0.3) is 0 Å². The van der Waals surface area contributed by atoms with Gasteiger partial charge in [0.2, 0.25) is 5.91 Å². The minimum atomic E-state index is -1.09. The van der Waals surface area contributed by atoms with Crippen LogP contribution in [0.5, 0.6) is 0 Å². The normalized spacial score (nSPS) is 18.3. The van der Waals surface area contributed by atoms with Crippen LogP contribution in [0.15, 0.2) is 84.1 Å². The summed E-state index contributed by atoms with van der Waals surface area (Å²) in [5.41, 5.74) is 5.56. The van der Waals surface area contributed by atoms with Crippen molar-refractivity contribution in [3.63, 3.8) is 0 Å². The van der Waals surface area contributed by atoms with Gasteiger partial charge in [0.05, 0.1) is 5.92 Å². The van der Waals surface area contributed by atoms with Gasteiger partial charge in [0, 0.05) is 34.6 Å². The number of rotatable bonds is 7. The van der Waals surface area contributed by atoms with E-state index in [1.54, 1.807) is 6.92 Å². The second-order valence-electron chi connectivity index (χ2n) is 11.7. The third-order valence-electron chi connectivity index (χ3n) is 7.99. The molecule has 0 saturated heterocycles. The van der Waals surface area contributed by atoms with Crippen molar-refractivity contribution in [3.8, 4) is 0 Å². The van der Waals surface area contributed by atoms with Crippen molar-refractivity contribution in [3.05, 3.63) is 118 Å². The van der Waals surface area contributed by atoms with Gasteiger partial charge < -0.3 is 15.4 Å². The number of aromatic nitrogens is 1. The van der Waals surface area contributed by atoms with Gasteiger partial charge >= 0.3 is 0 Å². The molecule has 1 aromatic heterocycles. The number of amides is 1. The predicted molar refractivity (Wildman–Crippen MR) is 156 cm³/mol. The number of allylic oxidation sites excluding steroid dienone is 2. The second-order valence-corrected chi connectivity index (χ2v) is 11.7. The SMILES string of the molecule is CC(=O)NC(C)(C)Cc1c([C@@H](C2=C(O)[C@@](C)(c3ccc(C)cc3)C2=O)c2ccccc2)[nH]c2cc(C)ccc12. The van der Waals surface area contributed by atoms with Crippen LogP contribution < -0.4 is 5.32 Å². The van der Waals surface area contributed by atoms with E-state index < -0.39 is 16.9 Å². The lowest BCUT2D eigenvalue weighted by molar-refractivity contribution is -0.124. The maximum atomic E-state index is 14.1. The maximum Gasteiger partial charge on any atom is 0.217 e. The largest absolute Gasteiger partial charge is 0.510 e. The summed E-state index contributed by atoms with van der Waals surface area (Å²) in [6, 6.07) is 23.9. The van der Waals surface area contributed by atoms with Crippen LogP contribution in [0.3, 0.4) is 0 Å². The van der Waals surface area contributed by atoms with E-state index in [0.717, 1.165) is 44.4 Å². The van der Waals surface area contributed by atoms with Crippen molar-refractivity contribution in [2.75, 3.05) is 0 Å². The lowest BCUT2D eigenvalue weighted by Crippen LogP contribution is -2.48. The number of benzene rings is 3. The van der Waals surface area contributed by atoms with E-state index >= 15 is 0 Å². The van der Waals surface area contributed by atoms with Crippen molar-refractivity contribution >= 4 is 22.6 Å². The molecule has 1 amide bonds. The van der Waals surface area contributed by atoms with E-state index in [4.69, 9.17) is 0 Å². The van der Waals surface area contributed by atoms with Gasteiger partial charge in [0.1, 0.15) is 11.2 Å². The average molecular weight is 521 g/mol. The van der Waals surface area contributed by atoms with Gasteiger partial charge in [0.15, 0.2) is 5.78 Å². The molecule has 5 heteroatoms. The van der Waals surface area contributed by atoms with Crippen LogP contribution in [0, 0.1) is 13.8 Å². The van der Waals surface area contributed by atoms with Gasteiger partial charge in [-0.05, 0) is 69.4 Å². The highest BCUT2D eigenvalue weighted by Gasteiger charge is 2.55. The topological polar surface area (TPSA) is 82.2 Å². The first-order chi connectivity index (χ1) is 18.4. The Morgan fingerprint density at radius 2 is 1.64 bits per heavy atom. The van der Waals surface area contributed by atoms with Crippen LogP contribution in [-0.2, 0) is 21.4 Å². The van der Waals surface area contributed by atoms with Crippen LogP contribution >= 0.6 is 0 Å². The molecule has 0 saturated carbocycles. The molecule has 0 spiro atoms. The number of aryl methyl sites for hydroxylation is 2. The number of fused-ring (bicyclic) bond motifs is 1. The molecule has 39 heavy (non-hydrogen) atoms. The van der Waals surface area contributed by atoms with E-state index in [9.17, 15) is 14.7 Å². The maximum absolute atomic E-state index is 14.1. The molecular formula is C34H36N2O3. The number of H-pyrrole nitrogens is 1. The van der Waals surface area contributed by atoms with Crippen molar-refractivity contribution in [1.29, 1.82) is 0 Å². The zero-order valence-electron chi connectivity index (χ0n) is 23.5. The summed E-state index contributed by atoms with van der Waals surface area (Å²) in [6.45, 7) is 11.4. The third kappa shape index (κ3) is 4.56. The van der Waals surface area contributed by atoms with Crippen LogP contribution in [-0.4, -0.2) is 27.3 Å². The minimum absolute atomic E-state index is 0.0837. The predicted octanol–water partition coefficient (Wildman–Crippen LogP) is 6.73. The number of aromatic amines is 1. The molecule has 2 atom stereocenters. The Hall–Kier alpha value is -4.12. The summed E-state index contributed by atoms with van der Waals surface area (Å²) in [5, 5.41) is 15.8. The van der Waals surface area contributed by atoms with Gasteiger partial charge in [-0.25, -0.2) is 0 Å². The average Bonchev–Trinajstić information content (AvgIpc) is 3.22. The van der Waals surface area contributed by atoms with Crippen molar-refractivity contribution in [2.24, 2.45) is 0 Å². The highest BCUT2D eigenvalue weighted by molar-refractivity contribution is 6.14. The molecule has 0 aliphatic heterocycles. The molecule has 3 aromatic carbocycles. The molecular weight excluding hydrogens is 484 g/mol. The van der Waals surface area contributed by atoms with Gasteiger partial charge in [-0.2, -0.15) is 0 Å². The van der Waals surface area contributed by atoms with Crippen molar-refractivity contribution in [1.82, 2.24) is 10.3 Å². The van der Waals surface area contributed by atoms with E-state index in [1.807, 2.05) is 82.3 Å². The summed E-state index contributed by atoms with van der Waals surface area (Å²) in [6.07, 6.45) is 0.547. The summed E-state index contributed by atoms with van der Waals surface area (Å²) in [7, 11) is 0. The Kier molecular flexibility index (Phi) is 6.50. The smallest absolute Gasteiger partial charge is 0.217 e. The molecule has 5 nitrogen and oxygen atoms in total. The van der Waals surface area contributed by atoms with Crippen LogP contribution in [0.4, 0.5) is 0 Å². The second kappa shape index (κ2) is 9.57. The number of hydrogen-bond acceptors (Lipinski definition) is 3. The monoisotopic (exact) mass is 520 g/mol. The van der Waals surface area contributed by atoms with Crippen LogP contribution in [0.1, 0.15) is 67.1 Å². The quantitative estimate of drug-likeness (QED) is 0.253. The van der Waals surface area contributed by atoms with Crippen LogP contribution in [0.2, 0.25) is 0 Å². The number of hydrogen-bond donors (Lipinski definition) is 3. The van der Waals surface area contributed by atoms with E-state index in [2.05, 4.69) is 28.5 Å². The molecule has 200 valence electrons. The fourth-order valence-corrected chi connectivity index (χ4v) is 6.03. The lowest BCUT2D eigenvalue weighted by Gasteiger charge is -2.41. The molecule has 4 aromatic rings. The Bertz CT molecular complexity index is 1610. The molecule has 0 fully saturated rings. The van der Waals surface area contributed by atoms with Gasteiger partial charge in [-0.1, -0.05) is 72.3 Å². The first kappa shape index (κ1) is 26.5. The molecule has 1 aliphatic carbocycles. The summed E-state index contributed by atoms with van der Waals surface area (Å²) < 4.78 is 0. The molecule has 0 bridgehead atoms. The summed E-state index contributed by atoms with van der Waals surface area (Å²) in [4.78, 5) is 29.7. The molecule has 1 aliphatic rings. The first-order valence-electron chi connectivity index (χ1n) is 13.4. The number of carbonyl (C=O) groups is 2. The number of Topliss-reactive ketones (excluding diaryl/α,β-unsaturated/α-hetero) is 1. The Labute approximate surface area is 230 Å². The van der Waals surface area contributed by atoms with E-state index in [-0.39, 0.29) is 17.4 Å². The summed E-state index contributed by atoms with van der Waals surface area (Å²) in [5.74, 6) is -0.569. The minimum Gasteiger partial charge on any atom is -0.510 e. The Balaban J connectivity index is 1.74. The van der Waals surface area contributed by atoms with Gasteiger partial charge in [-0.3, -0.25) is 9.59 Å². The van der Waals surface area contributed by atoms with E-state index in [0.29, 0.717) is 12.0 Å². The molecule has 0 radical (unpaired) electrons. The van der Waals surface area contributed by atoms with Gasteiger partial charge in [-0.15, -0.1) is 0 Å². The van der Waals surface area contributed by atoms with E-state index in [1.165, 1.54) is 6.92 Å². The molecule has 1 heterocycles. The highest BCUT2D eigenvalue weighted by Crippen LogP contribution is 2.51. The fourth-order valence-electron chi connectivity index (χ4n) is 6.03. The fraction of sp³-hybridized carbons (Fsp3) is 0.294. The molecule has 0 unspecified atom stereocenters. The third-order valence-corrected chi connectivity index (χ3v) is 7.99. The Morgan fingerprint density at radius 3 is 2.26 bits per heavy atom.